The second kappa shape index (κ2) is 11.4. The van der Waals surface area contributed by atoms with Crippen LogP contribution >= 0.6 is 15.9 Å². The largest absolute Gasteiger partial charge is 0.388 e. The first-order valence-corrected chi connectivity index (χ1v) is 6.94. The van der Waals surface area contributed by atoms with E-state index in [1.807, 2.05) is 18.2 Å². The molecule has 2 rings (SSSR count). The van der Waals surface area contributed by atoms with Crippen molar-refractivity contribution in [2.45, 2.75) is 32.6 Å². The molecule has 1 heterocycles. The second-order valence-electron chi connectivity index (χ2n) is 4.04. The first-order valence-electron chi connectivity index (χ1n) is 6.14. The lowest BCUT2D eigenvalue weighted by Crippen LogP contribution is -2.10. The lowest BCUT2D eigenvalue weighted by atomic mass is 9.87. The Kier molecular flexibility index (Phi) is 10.9. The molecule has 0 aromatic carbocycles. The molecular weight excluding hydrogens is 294 g/mol. The van der Waals surface area contributed by atoms with Crippen LogP contribution in [0.25, 0.3) is 0 Å². The molecule has 0 unspecified atom stereocenters. The van der Waals surface area contributed by atoms with Crippen LogP contribution in [0.3, 0.4) is 0 Å². The molecule has 1 aliphatic rings. The van der Waals surface area contributed by atoms with Gasteiger partial charge in [0.25, 0.3) is 0 Å². The van der Waals surface area contributed by atoms with Gasteiger partial charge in [0, 0.05) is 25.8 Å². The molecular formula is C14H22BrNO2. The van der Waals surface area contributed by atoms with E-state index in [1.165, 1.54) is 6.42 Å². The molecule has 4 heteroatoms. The van der Waals surface area contributed by atoms with Crippen LogP contribution in [-0.4, -0.2) is 25.5 Å². The monoisotopic (exact) mass is 315 g/mol. The summed E-state index contributed by atoms with van der Waals surface area (Å²) in [6, 6.07) is 5.94. The van der Waals surface area contributed by atoms with Crippen LogP contribution in [0.2, 0.25) is 0 Å². The summed E-state index contributed by atoms with van der Waals surface area (Å²) in [5.41, 5.74) is 1.13. The van der Waals surface area contributed by atoms with E-state index >= 15 is 0 Å². The number of hydrogen-bond donors (Lipinski definition) is 0. The fraction of sp³-hybridized carbons (Fsp3) is 0.571. The quantitative estimate of drug-likeness (QED) is 0.617. The summed E-state index contributed by atoms with van der Waals surface area (Å²) >= 11 is 3.29. The van der Waals surface area contributed by atoms with Crippen molar-refractivity contribution in [2.24, 2.45) is 5.92 Å². The number of ether oxygens (including phenoxy) is 1. The van der Waals surface area contributed by atoms with Gasteiger partial charge in [-0.2, -0.15) is 0 Å². The smallest absolute Gasteiger partial charge is 0.123 e. The number of rotatable bonds is 2. The fourth-order valence-electron chi connectivity index (χ4n) is 1.22. The second-order valence-corrected chi connectivity index (χ2v) is 4.85. The van der Waals surface area contributed by atoms with Crippen LogP contribution in [0.4, 0.5) is 0 Å². The minimum absolute atomic E-state index is 0.435. The van der Waals surface area contributed by atoms with Gasteiger partial charge in [-0.15, -0.1) is 0 Å². The molecule has 3 nitrogen and oxygen atoms in total. The molecule has 1 aromatic rings. The molecule has 0 bridgehead atoms. The Morgan fingerprint density at radius 2 is 2.06 bits per heavy atom. The summed E-state index contributed by atoms with van der Waals surface area (Å²) in [5, 5.41) is 0. The van der Waals surface area contributed by atoms with Crippen molar-refractivity contribution in [1.29, 1.82) is 0 Å². The number of aldehydes is 1. The Labute approximate surface area is 118 Å². The maximum atomic E-state index is 9.79. The lowest BCUT2D eigenvalue weighted by molar-refractivity contribution is -0.113. The summed E-state index contributed by atoms with van der Waals surface area (Å²) in [6.45, 7) is 2.09. The summed E-state index contributed by atoms with van der Waals surface area (Å²) < 4.78 is 5.17. The molecule has 1 saturated carbocycles. The van der Waals surface area contributed by atoms with Crippen LogP contribution in [0.1, 0.15) is 31.9 Å². The standard InChI is InChI=1S/C7H8BrN.C5H8O.C2H6O/c1-2-6-4-3-5-7(8)9-6;6-4-5-2-1-3-5;1-3-2/h3-5H,2H2,1H3;4-5H,1-3H2;1-2H3. The van der Waals surface area contributed by atoms with Crippen LogP contribution < -0.4 is 0 Å². The molecule has 0 saturated heterocycles. The SMILES string of the molecule is CCc1cccc(Br)n1.COC.O=CC1CCC1. The maximum Gasteiger partial charge on any atom is 0.123 e. The fourth-order valence-corrected chi connectivity index (χ4v) is 1.60. The first-order chi connectivity index (χ1) is 8.67. The van der Waals surface area contributed by atoms with Gasteiger partial charge in [0.05, 0.1) is 0 Å². The van der Waals surface area contributed by atoms with Gasteiger partial charge >= 0.3 is 0 Å². The number of halogens is 1. The molecule has 102 valence electrons. The third-order valence-electron chi connectivity index (χ3n) is 2.48. The van der Waals surface area contributed by atoms with Gasteiger partial charge in [-0.1, -0.05) is 19.4 Å². The Morgan fingerprint density at radius 3 is 2.28 bits per heavy atom. The van der Waals surface area contributed by atoms with Crippen LogP contribution in [0.5, 0.6) is 0 Å². The average molecular weight is 316 g/mol. The Hall–Kier alpha value is -0.740. The number of methoxy groups -OCH3 is 1. The number of pyridine rings is 1. The van der Waals surface area contributed by atoms with Gasteiger partial charge in [-0.05, 0) is 47.3 Å². The van der Waals surface area contributed by atoms with Crippen molar-refractivity contribution in [1.82, 2.24) is 4.98 Å². The van der Waals surface area contributed by atoms with Crippen LogP contribution in [0.15, 0.2) is 22.8 Å². The van der Waals surface area contributed by atoms with Gasteiger partial charge in [0.1, 0.15) is 10.9 Å². The zero-order valence-corrected chi connectivity index (χ0v) is 12.9. The van der Waals surface area contributed by atoms with Crippen LogP contribution in [0, 0.1) is 5.92 Å². The lowest BCUT2D eigenvalue weighted by Gasteiger charge is -2.17. The summed E-state index contributed by atoms with van der Waals surface area (Å²) in [6.07, 6.45) is 5.61. The normalized spacial score (nSPS) is 13.3. The molecule has 0 aliphatic heterocycles. The molecule has 1 fully saturated rings. The number of aryl methyl sites for hydroxylation is 1. The highest BCUT2D eigenvalue weighted by atomic mass is 79.9. The maximum absolute atomic E-state index is 9.79. The van der Waals surface area contributed by atoms with E-state index in [1.54, 1.807) is 14.2 Å². The Morgan fingerprint density at radius 1 is 1.44 bits per heavy atom. The van der Waals surface area contributed by atoms with E-state index in [0.29, 0.717) is 5.92 Å². The third-order valence-corrected chi connectivity index (χ3v) is 2.92. The van der Waals surface area contributed by atoms with Crippen molar-refractivity contribution >= 4 is 22.2 Å². The van der Waals surface area contributed by atoms with E-state index < -0.39 is 0 Å². The minimum atomic E-state index is 0.435. The van der Waals surface area contributed by atoms with Crippen molar-refractivity contribution in [3.05, 3.63) is 28.5 Å². The molecule has 18 heavy (non-hydrogen) atoms. The molecule has 0 radical (unpaired) electrons. The number of hydrogen-bond acceptors (Lipinski definition) is 3. The highest BCUT2D eigenvalue weighted by molar-refractivity contribution is 9.10. The Bertz CT molecular complexity index is 327. The van der Waals surface area contributed by atoms with E-state index in [2.05, 4.69) is 32.6 Å². The number of carbonyl (C=O) groups excluding carboxylic acids is 1. The van der Waals surface area contributed by atoms with Gasteiger partial charge in [-0.25, -0.2) is 4.98 Å². The topological polar surface area (TPSA) is 39.2 Å². The predicted molar refractivity (Wildman–Crippen MR) is 77.7 cm³/mol. The van der Waals surface area contributed by atoms with Gasteiger partial charge in [-0.3, -0.25) is 0 Å². The molecule has 0 spiro atoms. The molecule has 1 aliphatic carbocycles. The molecule has 0 atom stereocenters. The number of carbonyl (C=O) groups is 1. The van der Waals surface area contributed by atoms with Gasteiger partial charge in [0.2, 0.25) is 0 Å². The zero-order chi connectivity index (χ0) is 13.8. The average Bonchev–Trinajstić information content (AvgIpc) is 2.29. The summed E-state index contributed by atoms with van der Waals surface area (Å²) in [5.74, 6) is 0.435. The highest BCUT2D eigenvalue weighted by Crippen LogP contribution is 2.23. The molecule has 0 amide bonds. The zero-order valence-electron chi connectivity index (χ0n) is 11.4. The number of aromatic nitrogens is 1. The van der Waals surface area contributed by atoms with E-state index in [4.69, 9.17) is 0 Å². The van der Waals surface area contributed by atoms with Gasteiger partial charge in [0.15, 0.2) is 0 Å². The first kappa shape index (κ1) is 17.3. The molecule has 0 N–H and O–H groups in total. The van der Waals surface area contributed by atoms with Gasteiger partial charge < -0.3 is 9.53 Å². The van der Waals surface area contributed by atoms with Crippen molar-refractivity contribution in [2.75, 3.05) is 14.2 Å². The Balaban J connectivity index is 0.000000278. The van der Waals surface area contributed by atoms with E-state index in [9.17, 15) is 4.79 Å². The van der Waals surface area contributed by atoms with E-state index in [0.717, 1.165) is 35.8 Å². The summed E-state index contributed by atoms with van der Waals surface area (Å²) in [4.78, 5) is 14.0. The minimum Gasteiger partial charge on any atom is -0.388 e. The van der Waals surface area contributed by atoms with Crippen LogP contribution in [-0.2, 0) is 16.0 Å². The molecule has 1 aromatic heterocycles. The highest BCUT2D eigenvalue weighted by Gasteiger charge is 2.14. The third kappa shape index (κ3) is 8.37. The number of nitrogens with zero attached hydrogens (tertiary/aromatic N) is 1. The predicted octanol–water partition coefficient (Wildman–Crippen LogP) is 3.65. The van der Waals surface area contributed by atoms with Crippen molar-refractivity contribution in [3.8, 4) is 0 Å². The summed E-state index contributed by atoms with van der Waals surface area (Å²) in [7, 11) is 3.25. The van der Waals surface area contributed by atoms with E-state index in [-0.39, 0.29) is 0 Å². The van der Waals surface area contributed by atoms with Crippen molar-refractivity contribution < 1.29 is 9.53 Å². The van der Waals surface area contributed by atoms with Crippen molar-refractivity contribution in [3.63, 3.8) is 0 Å².